The molecule has 3 N–H and O–H groups in total. The normalized spacial score (nSPS) is 20.3. The van der Waals surface area contributed by atoms with E-state index in [1.165, 1.54) is 5.56 Å². The Morgan fingerprint density at radius 3 is 2.12 bits per heavy atom. The molecule has 4 rings (SSSR count). The number of carbonyl (C=O) groups excluding carboxylic acids is 2. The molecular formula is C29H36F3N3O6S. The number of carboxylic acids is 1. The Balaban J connectivity index is 0.000000616. The number of rotatable bonds is 10. The summed E-state index contributed by atoms with van der Waals surface area (Å²) in [5, 5.41) is 7.12. The third kappa shape index (κ3) is 9.83. The third-order valence-electron chi connectivity index (χ3n) is 7.65. The van der Waals surface area contributed by atoms with E-state index in [9.17, 15) is 31.2 Å². The molecular weight excluding hydrogens is 575 g/mol. The van der Waals surface area contributed by atoms with E-state index in [0.717, 1.165) is 44.0 Å². The van der Waals surface area contributed by atoms with E-state index in [-0.39, 0.29) is 5.91 Å². The van der Waals surface area contributed by atoms with Gasteiger partial charge in [0.05, 0.1) is 0 Å². The molecule has 2 atom stereocenters. The van der Waals surface area contributed by atoms with Gasteiger partial charge in [0.15, 0.2) is 9.84 Å². The number of amides is 2. The minimum atomic E-state index is -5.08. The quantitative estimate of drug-likeness (QED) is 0.421. The van der Waals surface area contributed by atoms with Crippen molar-refractivity contribution in [3.05, 3.63) is 71.3 Å². The highest BCUT2D eigenvalue weighted by atomic mass is 32.2. The van der Waals surface area contributed by atoms with Crippen molar-refractivity contribution in [1.82, 2.24) is 9.80 Å². The molecule has 2 amide bonds. The lowest BCUT2D eigenvalue weighted by Gasteiger charge is -2.40. The zero-order valence-electron chi connectivity index (χ0n) is 23.3. The molecule has 2 heterocycles. The van der Waals surface area contributed by atoms with Gasteiger partial charge in [-0.3, -0.25) is 14.5 Å². The van der Waals surface area contributed by atoms with Crippen LogP contribution in [0.25, 0.3) is 0 Å². The Labute approximate surface area is 243 Å². The van der Waals surface area contributed by atoms with Gasteiger partial charge in [0.25, 0.3) is 0 Å². The Kier molecular flexibility index (Phi) is 11.1. The Hall–Kier alpha value is -3.45. The standard InChI is InChI=1S/C27H35N3O4S.C2HF3O2/c1-35(33,34)19-26(31)29(13-12-20-6-3-2-4-7-20)14-15-30-24-10-11-25(30)18-23(17-24)21-8-5-9-22(16-21)27(28)32;3-2(4,5)1(6)7/h2-9,16,23-25H,10-15,17-19H2,1H3,(H2,28,32);(H,6,7). The second kappa shape index (κ2) is 14.1. The number of nitrogens with zero attached hydrogens (tertiary/aromatic N) is 2. The van der Waals surface area contributed by atoms with Crippen molar-refractivity contribution in [1.29, 1.82) is 0 Å². The van der Waals surface area contributed by atoms with Crippen LogP contribution in [-0.4, -0.2) is 91.0 Å². The average Bonchev–Trinajstić information content (AvgIpc) is 3.14. The number of hydrogen-bond acceptors (Lipinski definition) is 6. The monoisotopic (exact) mass is 611 g/mol. The van der Waals surface area contributed by atoms with Crippen molar-refractivity contribution in [2.24, 2.45) is 5.73 Å². The van der Waals surface area contributed by atoms with Crippen molar-refractivity contribution < 1.29 is 41.1 Å². The molecule has 2 saturated heterocycles. The van der Waals surface area contributed by atoms with Gasteiger partial charge in [0, 0.05) is 43.5 Å². The first-order valence-corrected chi connectivity index (χ1v) is 15.6. The maximum atomic E-state index is 12.8. The predicted molar refractivity (Wildman–Crippen MR) is 151 cm³/mol. The van der Waals surface area contributed by atoms with Crippen molar-refractivity contribution in [2.75, 3.05) is 31.6 Å². The van der Waals surface area contributed by atoms with Crippen LogP contribution in [0.2, 0.25) is 0 Å². The van der Waals surface area contributed by atoms with Crippen LogP contribution in [0.1, 0.15) is 53.1 Å². The van der Waals surface area contributed by atoms with Gasteiger partial charge in [-0.05, 0) is 61.3 Å². The fraction of sp³-hybridized carbons (Fsp3) is 0.483. The molecule has 2 aromatic rings. The van der Waals surface area contributed by atoms with Gasteiger partial charge in [-0.2, -0.15) is 13.2 Å². The van der Waals surface area contributed by atoms with E-state index in [4.69, 9.17) is 15.6 Å². The van der Waals surface area contributed by atoms with Crippen molar-refractivity contribution in [3.8, 4) is 0 Å². The fourth-order valence-electron chi connectivity index (χ4n) is 5.68. The highest BCUT2D eigenvalue weighted by molar-refractivity contribution is 7.91. The number of primary amides is 1. The summed E-state index contributed by atoms with van der Waals surface area (Å²) in [5.74, 6) is -3.54. The second-order valence-electron chi connectivity index (χ2n) is 10.8. The smallest absolute Gasteiger partial charge is 0.475 e. The van der Waals surface area contributed by atoms with Crippen molar-refractivity contribution in [2.45, 2.75) is 56.3 Å². The summed E-state index contributed by atoms with van der Waals surface area (Å²) in [6, 6.07) is 18.5. The number of halogens is 3. The second-order valence-corrected chi connectivity index (χ2v) is 12.9. The van der Waals surface area contributed by atoms with Crippen molar-refractivity contribution in [3.63, 3.8) is 0 Å². The first-order chi connectivity index (χ1) is 19.6. The number of aliphatic carboxylic acids is 1. The van der Waals surface area contributed by atoms with Crippen LogP contribution < -0.4 is 5.73 Å². The van der Waals surface area contributed by atoms with Crippen LogP contribution in [0.3, 0.4) is 0 Å². The van der Waals surface area contributed by atoms with Gasteiger partial charge in [-0.15, -0.1) is 0 Å². The molecule has 2 fully saturated rings. The molecule has 2 aromatic carbocycles. The molecule has 0 radical (unpaired) electrons. The lowest BCUT2D eigenvalue weighted by Crippen LogP contribution is -2.48. The lowest BCUT2D eigenvalue weighted by molar-refractivity contribution is -0.192. The molecule has 0 saturated carbocycles. The van der Waals surface area contributed by atoms with Gasteiger partial charge in [-0.25, -0.2) is 13.2 Å². The molecule has 9 nitrogen and oxygen atoms in total. The Morgan fingerprint density at radius 1 is 1.00 bits per heavy atom. The SMILES string of the molecule is CS(=O)(=O)CC(=O)N(CCc1ccccc1)CCN1C2CCC1CC(c1cccc(C(N)=O)c1)C2.O=C(O)C(F)(F)F. The van der Waals surface area contributed by atoms with Crippen LogP contribution in [0.4, 0.5) is 13.2 Å². The topological polar surface area (TPSA) is 138 Å². The van der Waals surface area contributed by atoms with E-state index < -0.39 is 33.6 Å². The van der Waals surface area contributed by atoms with E-state index in [2.05, 4.69) is 11.0 Å². The number of fused-ring (bicyclic) bond motifs is 2. The molecule has 13 heteroatoms. The van der Waals surface area contributed by atoms with Crippen LogP contribution in [0.15, 0.2) is 54.6 Å². The molecule has 2 bridgehead atoms. The van der Waals surface area contributed by atoms with Gasteiger partial charge >= 0.3 is 12.1 Å². The fourth-order valence-corrected chi connectivity index (χ4v) is 6.31. The number of piperidine rings is 1. The summed E-state index contributed by atoms with van der Waals surface area (Å²) < 4.78 is 55.3. The van der Waals surface area contributed by atoms with Crippen LogP contribution in [0, 0.1) is 0 Å². The zero-order valence-corrected chi connectivity index (χ0v) is 24.1. The maximum Gasteiger partial charge on any atom is 0.490 e. The number of nitrogens with two attached hydrogens (primary N) is 1. The third-order valence-corrected chi connectivity index (χ3v) is 8.42. The minimum Gasteiger partial charge on any atom is -0.475 e. The summed E-state index contributed by atoms with van der Waals surface area (Å²) in [6.07, 6.45) is 0.996. The van der Waals surface area contributed by atoms with E-state index in [1.807, 2.05) is 42.5 Å². The highest BCUT2D eigenvalue weighted by Crippen LogP contribution is 2.43. The number of sulfone groups is 1. The lowest BCUT2D eigenvalue weighted by atomic mass is 9.84. The predicted octanol–water partition coefficient (Wildman–Crippen LogP) is 3.25. The molecule has 0 spiro atoms. The molecule has 2 aliphatic rings. The summed E-state index contributed by atoms with van der Waals surface area (Å²) >= 11 is 0. The zero-order chi connectivity index (χ0) is 31.1. The summed E-state index contributed by atoms with van der Waals surface area (Å²) in [6.45, 7) is 1.77. The first-order valence-electron chi connectivity index (χ1n) is 13.6. The molecule has 42 heavy (non-hydrogen) atoms. The number of carbonyl (C=O) groups is 3. The Bertz CT molecular complexity index is 1340. The van der Waals surface area contributed by atoms with E-state index in [0.29, 0.717) is 43.1 Å². The van der Waals surface area contributed by atoms with Crippen LogP contribution >= 0.6 is 0 Å². The molecule has 0 aromatic heterocycles. The van der Waals surface area contributed by atoms with Gasteiger partial charge in [0.2, 0.25) is 11.8 Å². The van der Waals surface area contributed by atoms with Crippen LogP contribution in [-0.2, 0) is 25.8 Å². The molecule has 2 aliphatic heterocycles. The van der Waals surface area contributed by atoms with Crippen molar-refractivity contribution >= 4 is 27.6 Å². The first kappa shape index (κ1) is 33.1. The minimum absolute atomic E-state index is 0.325. The van der Waals surface area contributed by atoms with E-state index in [1.54, 1.807) is 11.0 Å². The largest absolute Gasteiger partial charge is 0.490 e. The number of carboxylic acid groups (broad SMARTS) is 1. The summed E-state index contributed by atoms with van der Waals surface area (Å²) in [5.41, 5.74) is 8.33. The summed E-state index contributed by atoms with van der Waals surface area (Å²) in [4.78, 5) is 37.6. The molecule has 0 aliphatic carbocycles. The number of hydrogen-bond donors (Lipinski definition) is 2. The average molecular weight is 612 g/mol. The van der Waals surface area contributed by atoms with E-state index >= 15 is 0 Å². The van der Waals surface area contributed by atoms with Gasteiger partial charge < -0.3 is 15.7 Å². The highest BCUT2D eigenvalue weighted by Gasteiger charge is 2.41. The van der Waals surface area contributed by atoms with Gasteiger partial charge in [0.1, 0.15) is 5.75 Å². The molecule has 230 valence electrons. The maximum absolute atomic E-state index is 12.8. The summed E-state index contributed by atoms with van der Waals surface area (Å²) in [7, 11) is -3.39. The molecule has 2 unspecified atom stereocenters. The number of alkyl halides is 3. The van der Waals surface area contributed by atoms with Crippen LogP contribution in [0.5, 0.6) is 0 Å². The number of benzene rings is 2. The van der Waals surface area contributed by atoms with Gasteiger partial charge in [-0.1, -0.05) is 42.5 Å². The Morgan fingerprint density at radius 2 is 1.60 bits per heavy atom.